The van der Waals surface area contributed by atoms with Crippen molar-refractivity contribution in [3.63, 3.8) is 0 Å². The lowest BCUT2D eigenvalue weighted by Crippen LogP contribution is -2.29. The Morgan fingerprint density at radius 2 is 1.83 bits per heavy atom. The summed E-state index contributed by atoms with van der Waals surface area (Å²) in [7, 11) is 0. The molecule has 0 amide bonds. The molecule has 2 unspecified atom stereocenters. The molecule has 1 N–H and O–H groups in total. The summed E-state index contributed by atoms with van der Waals surface area (Å²) in [5, 5.41) is 3.53. The Kier molecular flexibility index (Phi) is 3.81. The fourth-order valence-corrected chi connectivity index (χ4v) is 2.34. The maximum absolute atomic E-state index is 5.97. The molecular weight excluding hydrogens is 226 g/mol. The molecule has 3 nitrogen and oxygen atoms in total. The molecule has 2 fully saturated rings. The van der Waals surface area contributed by atoms with Crippen LogP contribution in [-0.2, 0) is 4.74 Å². The topological polar surface area (TPSA) is 30.5 Å². The fraction of sp³-hybridized carbons (Fsp3) is 0.600. The molecule has 1 heterocycles. The quantitative estimate of drug-likeness (QED) is 0.837. The van der Waals surface area contributed by atoms with E-state index in [1.807, 2.05) is 30.3 Å². The molecule has 1 aliphatic heterocycles. The highest BCUT2D eigenvalue weighted by molar-refractivity contribution is 5.20. The first-order valence-electron chi connectivity index (χ1n) is 6.97. The third-order valence-corrected chi connectivity index (χ3v) is 3.59. The third-order valence-electron chi connectivity index (χ3n) is 3.59. The Labute approximate surface area is 108 Å². The second-order valence-corrected chi connectivity index (χ2v) is 5.26. The van der Waals surface area contributed by atoms with Crippen molar-refractivity contribution >= 4 is 0 Å². The molecule has 1 aromatic rings. The molecule has 1 aromatic carbocycles. The molecule has 0 bridgehead atoms. The van der Waals surface area contributed by atoms with Crippen LogP contribution in [0.3, 0.4) is 0 Å². The average Bonchev–Trinajstić information content (AvgIpc) is 3.14. The van der Waals surface area contributed by atoms with E-state index in [1.165, 1.54) is 12.8 Å². The van der Waals surface area contributed by atoms with Gasteiger partial charge in [-0.3, -0.25) is 0 Å². The average molecular weight is 247 g/mol. The number of ether oxygens (including phenoxy) is 2. The third kappa shape index (κ3) is 3.47. The normalized spacial score (nSPS) is 27.3. The van der Waals surface area contributed by atoms with E-state index in [9.17, 15) is 0 Å². The number of nitrogens with one attached hydrogen (secondary N) is 1. The standard InChI is InChI=1S/C15H21NO2/c1-2-4-13(5-3-1)17-11-15-9-8-14(18-15)10-16-12-6-7-12/h1-5,12,14-16H,6-11H2. The van der Waals surface area contributed by atoms with E-state index < -0.39 is 0 Å². The van der Waals surface area contributed by atoms with Crippen molar-refractivity contribution in [1.29, 1.82) is 0 Å². The first-order valence-corrected chi connectivity index (χ1v) is 6.97. The monoisotopic (exact) mass is 247 g/mol. The van der Waals surface area contributed by atoms with E-state index >= 15 is 0 Å². The number of rotatable bonds is 6. The second-order valence-electron chi connectivity index (χ2n) is 5.26. The van der Waals surface area contributed by atoms with Gasteiger partial charge < -0.3 is 14.8 Å². The molecule has 3 heteroatoms. The van der Waals surface area contributed by atoms with Crippen molar-refractivity contribution in [2.45, 2.75) is 43.9 Å². The Morgan fingerprint density at radius 3 is 2.61 bits per heavy atom. The van der Waals surface area contributed by atoms with Crippen LogP contribution in [0.25, 0.3) is 0 Å². The molecule has 0 spiro atoms. The lowest BCUT2D eigenvalue weighted by atomic mass is 10.2. The molecule has 0 radical (unpaired) electrons. The Hall–Kier alpha value is -1.06. The zero-order chi connectivity index (χ0) is 12.2. The maximum Gasteiger partial charge on any atom is 0.119 e. The van der Waals surface area contributed by atoms with Crippen molar-refractivity contribution < 1.29 is 9.47 Å². The van der Waals surface area contributed by atoms with E-state index in [2.05, 4.69) is 5.32 Å². The van der Waals surface area contributed by atoms with Crippen LogP contribution >= 0.6 is 0 Å². The van der Waals surface area contributed by atoms with Crippen molar-refractivity contribution in [2.24, 2.45) is 0 Å². The van der Waals surface area contributed by atoms with Gasteiger partial charge in [-0.05, 0) is 37.8 Å². The van der Waals surface area contributed by atoms with E-state index in [-0.39, 0.29) is 6.10 Å². The molecule has 2 aliphatic rings. The minimum atomic E-state index is 0.260. The van der Waals surface area contributed by atoms with Crippen molar-refractivity contribution in [2.75, 3.05) is 13.2 Å². The molecule has 1 saturated heterocycles. The lowest BCUT2D eigenvalue weighted by molar-refractivity contribution is 0.0184. The van der Waals surface area contributed by atoms with Crippen LogP contribution < -0.4 is 10.1 Å². The van der Waals surface area contributed by atoms with Gasteiger partial charge in [-0.2, -0.15) is 0 Å². The number of para-hydroxylation sites is 1. The van der Waals surface area contributed by atoms with E-state index in [4.69, 9.17) is 9.47 Å². The van der Waals surface area contributed by atoms with E-state index in [0.29, 0.717) is 12.7 Å². The van der Waals surface area contributed by atoms with Gasteiger partial charge in [0.25, 0.3) is 0 Å². The highest BCUT2D eigenvalue weighted by atomic mass is 16.5. The Bertz CT molecular complexity index is 364. The van der Waals surface area contributed by atoms with Gasteiger partial charge in [0.2, 0.25) is 0 Å². The Morgan fingerprint density at radius 1 is 1.06 bits per heavy atom. The highest BCUT2D eigenvalue weighted by Gasteiger charge is 2.28. The summed E-state index contributed by atoms with van der Waals surface area (Å²) in [6, 6.07) is 10.7. The number of hydrogen-bond donors (Lipinski definition) is 1. The number of benzene rings is 1. The van der Waals surface area contributed by atoms with Gasteiger partial charge in [0.15, 0.2) is 0 Å². The smallest absolute Gasteiger partial charge is 0.119 e. The van der Waals surface area contributed by atoms with Gasteiger partial charge in [-0.25, -0.2) is 0 Å². The molecular formula is C15H21NO2. The first kappa shape index (κ1) is 12.0. The summed E-state index contributed by atoms with van der Waals surface area (Å²) >= 11 is 0. The molecule has 18 heavy (non-hydrogen) atoms. The molecule has 3 rings (SSSR count). The van der Waals surface area contributed by atoms with Crippen LogP contribution in [0.4, 0.5) is 0 Å². The SMILES string of the molecule is c1ccc(OCC2CCC(CNC3CC3)O2)cc1. The zero-order valence-corrected chi connectivity index (χ0v) is 10.7. The lowest BCUT2D eigenvalue weighted by Gasteiger charge is -2.15. The van der Waals surface area contributed by atoms with Gasteiger partial charge in [0.05, 0.1) is 12.2 Å². The van der Waals surface area contributed by atoms with Crippen LogP contribution in [-0.4, -0.2) is 31.4 Å². The molecule has 98 valence electrons. The predicted octanol–water partition coefficient (Wildman–Crippen LogP) is 2.37. The second kappa shape index (κ2) is 5.72. The van der Waals surface area contributed by atoms with Gasteiger partial charge in [0.1, 0.15) is 12.4 Å². The van der Waals surface area contributed by atoms with Gasteiger partial charge in [-0.15, -0.1) is 0 Å². The highest BCUT2D eigenvalue weighted by Crippen LogP contribution is 2.23. The zero-order valence-electron chi connectivity index (χ0n) is 10.7. The molecule has 1 aliphatic carbocycles. The van der Waals surface area contributed by atoms with Crippen LogP contribution in [0, 0.1) is 0 Å². The van der Waals surface area contributed by atoms with Gasteiger partial charge in [0, 0.05) is 12.6 Å². The predicted molar refractivity (Wildman–Crippen MR) is 70.9 cm³/mol. The minimum absolute atomic E-state index is 0.260. The van der Waals surface area contributed by atoms with E-state index in [0.717, 1.165) is 31.2 Å². The van der Waals surface area contributed by atoms with Crippen molar-refractivity contribution in [3.8, 4) is 5.75 Å². The molecule has 0 aromatic heterocycles. The first-order chi connectivity index (χ1) is 8.90. The van der Waals surface area contributed by atoms with Crippen LogP contribution in [0.2, 0.25) is 0 Å². The summed E-state index contributed by atoms with van der Waals surface area (Å²) < 4.78 is 11.7. The maximum atomic E-state index is 5.97. The van der Waals surface area contributed by atoms with E-state index in [1.54, 1.807) is 0 Å². The summed E-state index contributed by atoms with van der Waals surface area (Å²) in [5.41, 5.74) is 0. The van der Waals surface area contributed by atoms with Gasteiger partial charge >= 0.3 is 0 Å². The van der Waals surface area contributed by atoms with Crippen LogP contribution in [0.5, 0.6) is 5.75 Å². The summed E-state index contributed by atoms with van der Waals surface area (Å²) in [6.07, 6.45) is 5.60. The summed E-state index contributed by atoms with van der Waals surface area (Å²) in [5.74, 6) is 0.931. The summed E-state index contributed by atoms with van der Waals surface area (Å²) in [6.45, 7) is 1.68. The molecule has 2 atom stereocenters. The van der Waals surface area contributed by atoms with Crippen molar-refractivity contribution in [1.82, 2.24) is 5.32 Å². The fourth-order valence-electron chi connectivity index (χ4n) is 2.34. The number of hydrogen-bond acceptors (Lipinski definition) is 3. The molecule has 1 saturated carbocycles. The van der Waals surface area contributed by atoms with Gasteiger partial charge in [-0.1, -0.05) is 18.2 Å². The largest absolute Gasteiger partial charge is 0.491 e. The van der Waals surface area contributed by atoms with Crippen LogP contribution in [0.1, 0.15) is 25.7 Å². The Balaban J connectivity index is 1.36. The van der Waals surface area contributed by atoms with Crippen molar-refractivity contribution in [3.05, 3.63) is 30.3 Å². The summed E-state index contributed by atoms with van der Waals surface area (Å²) in [4.78, 5) is 0. The van der Waals surface area contributed by atoms with Crippen LogP contribution in [0.15, 0.2) is 30.3 Å². The minimum Gasteiger partial charge on any atom is -0.491 e.